The molecule has 6 heteroatoms. The number of benzene rings is 2. The van der Waals surface area contributed by atoms with Gasteiger partial charge in [0.1, 0.15) is 11.8 Å². The Balaban J connectivity index is 1.71. The van der Waals surface area contributed by atoms with Crippen molar-refractivity contribution in [1.29, 1.82) is 0 Å². The molecule has 0 saturated heterocycles. The summed E-state index contributed by atoms with van der Waals surface area (Å²) in [5, 5.41) is 12.6. The number of anilines is 1. The van der Waals surface area contributed by atoms with E-state index in [4.69, 9.17) is 4.74 Å². The molecule has 1 atom stereocenters. The van der Waals surface area contributed by atoms with Crippen LogP contribution in [0.15, 0.2) is 83.4 Å². The molecule has 5 nitrogen and oxygen atoms in total. The summed E-state index contributed by atoms with van der Waals surface area (Å²) in [5.41, 5.74) is 1.69. The van der Waals surface area contributed by atoms with Gasteiger partial charge < -0.3 is 9.84 Å². The zero-order chi connectivity index (χ0) is 21.1. The van der Waals surface area contributed by atoms with Gasteiger partial charge in [0.25, 0.3) is 5.91 Å². The predicted octanol–water partition coefficient (Wildman–Crippen LogP) is 4.86. The molecule has 4 rings (SSSR count). The molecule has 1 N–H and O–H groups in total. The van der Waals surface area contributed by atoms with Crippen molar-refractivity contribution in [2.75, 3.05) is 12.0 Å². The number of ether oxygens (including phenoxy) is 1. The normalized spacial score (nSPS) is 16.2. The molecule has 152 valence electrons. The molecular weight excluding hydrogens is 398 g/mol. The number of Topliss-reactive ketones (excluding diaryl/α,β-unsaturated/α-hetero) is 1. The second kappa shape index (κ2) is 8.55. The molecule has 3 aromatic rings. The van der Waals surface area contributed by atoms with Crippen LogP contribution in [-0.2, 0) is 16.0 Å². The molecule has 1 aliphatic rings. The Hall–Kier alpha value is -3.38. The van der Waals surface area contributed by atoms with Gasteiger partial charge in [-0.25, -0.2) is 0 Å². The Kier molecular flexibility index (Phi) is 5.68. The average Bonchev–Trinajstić information content (AvgIpc) is 3.40. The fraction of sp³-hybridized carbons (Fsp3) is 0.167. The van der Waals surface area contributed by atoms with E-state index >= 15 is 0 Å². The number of nitrogens with zero attached hydrogens (tertiary/aromatic N) is 1. The number of rotatable bonds is 7. The lowest BCUT2D eigenvalue weighted by molar-refractivity contribution is -0.118. The zero-order valence-electron chi connectivity index (χ0n) is 16.4. The van der Waals surface area contributed by atoms with Crippen LogP contribution >= 0.6 is 11.3 Å². The van der Waals surface area contributed by atoms with E-state index in [-0.39, 0.29) is 17.8 Å². The van der Waals surface area contributed by atoms with Gasteiger partial charge in [0.05, 0.1) is 18.4 Å². The maximum Gasteiger partial charge on any atom is 0.294 e. The third kappa shape index (κ3) is 3.62. The van der Waals surface area contributed by atoms with Gasteiger partial charge >= 0.3 is 0 Å². The largest absolute Gasteiger partial charge is 0.503 e. The van der Waals surface area contributed by atoms with Crippen molar-refractivity contribution in [3.05, 3.63) is 93.9 Å². The molecule has 1 unspecified atom stereocenters. The summed E-state index contributed by atoms with van der Waals surface area (Å²) in [6.07, 6.45) is 0.745. The number of para-hydroxylation sites is 2. The number of ketones is 1. The van der Waals surface area contributed by atoms with Crippen molar-refractivity contribution in [1.82, 2.24) is 0 Å². The van der Waals surface area contributed by atoms with E-state index in [2.05, 4.69) is 0 Å². The van der Waals surface area contributed by atoms with Gasteiger partial charge in [0.2, 0.25) is 0 Å². The van der Waals surface area contributed by atoms with Crippen molar-refractivity contribution >= 4 is 28.7 Å². The van der Waals surface area contributed by atoms with Gasteiger partial charge in [0.15, 0.2) is 11.5 Å². The summed E-state index contributed by atoms with van der Waals surface area (Å²) < 4.78 is 5.43. The fourth-order valence-corrected chi connectivity index (χ4v) is 4.54. The van der Waals surface area contributed by atoms with Gasteiger partial charge in [0, 0.05) is 11.3 Å². The Morgan fingerprint density at radius 2 is 1.80 bits per heavy atom. The van der Waals surface area contributed by atoms with E-state index in [1.165, 1.54) is 23.3 Å². The summed E-state index contributed by atoms with van der Waals surface area (Å²) in [6.45, 7) is 0. The summed E-state index contributed by atoms with van der Waals surface area (Å²) in [7, 11) is 1.53. The van der Waals surface area contributed by atoms with E-state index in [1.807, 2.05) is 53.9 Å². The van der Waals surface area contributed by atoms with Gasteiger partial charge in [-0.1, -0.05) is 48.5 Å². The van der Waals surface area contributed by atoms with Gasteiger partial charge in [-0.05, 0) is 35.6 Å². The number of aliphatic hydroxyl groups is 1. The molecule has 0 spiro atoms. The molecular formula is C24H21NO4S. The standard InChI is InChI=1S/C24H21NO4S/c1-29-19-11-6-5-10-17(19)25-22(20-12-7-15-30-20)21(23(27)24(25)28)18(26)14-13-16-8-3-2-4-9-16/h2-12,15,22,27H,13-14H2,1H3. The number of hydrogen-bond donors (Lipinski definition) is 1. The summed E-state index contributed by atoms with van der Waals surface area (Å²) in [5.74, 6) is -0.822. The number of carbonyl (C=O) groups excluding carboxylic acids is 2. The Morgan fingerprint density at radius 3 is 2.50 bits per heavy atom. The van der Waals surface area contributed by atoms with Crippen LogP contribution in [0.25, 0.3) is 0 Å². The third-order valence-corrected chi connectivity index (χ3v) is 6.07. The molecule has 0 aliphatic carbocycles. The van der Waals surface area contributed by atoms with Gasteiger partial charge in [-0.3, -0.25) is 14.5 Å². The summed E-state index contributed by atoms with van der Waals surface area (Å²) in [6, 6.07) is 19.8. The van der Waals surface area contributed by atoms with Crippen molar-refractivity contribution in [2.24, 2.45) is 0 Å². The number of carbonyl (C=O) groups is 2. The topological polar surface area (TPSA) is 66.8 Å². The number of amides is 1. The molecule has 2 aromatic carbocycles. The van der Waals surface area contributed by atoms with Crippen LogP contribution in [0.2, 0.25) is 0 Å². The van der Waals surface area contributed by atoms with Gasteiger partial charge in [-0.15, -0.1) is 11.3 Å². The number of methoxy groups -OCH3 is 1. The molecule has 1 amide bonds. The first kappa shape index (κ1) is 19.9. The van der Waals surface area contributed by atoms with Crippen molar-refractivity contribution in [3.8, 4) is 5.75 Å². The highest BCUT2D eigenvalue weighted by Gasteiger charge is 2.45. The number of aliphatic hydroxyl groups excluding tert-OH is 1. The monoisotopic (exact) mass is 419 g/mol. The van der Waals surface area contributed by atoms with E-state index in [0.717, 1.165) is 10.4 Å². The molecule has 30 heavy (non-hydrogen) atoms. The second-order valence-corrected chi connectivity index (χ2v) is 7.92. The van der Waals surface area contributed by atoms with E-state index in [1.54, 1.807) is 18.2 Å². The molecule has 0 fully saturated rings. The highest BCUT2D eigenvalue weighted by atomic mass is 32.1. The Bertz CT molecular complexity index is 1090. The van der Waals surface area contributed by atoms with Crippen LogP contribution < -0.4 is 9.64 Å². The minimum Gasteiger partial charge on any atom is -0.503 e. The Morgan fingerprint density at radius 1 is 1.07 bits per heavy atom. The van der Waals surface area contributed by atoms with E-state index in [9.17, 15) is 14.7 Å². The molecule has 1 aliphatic heterocycles. The predicted molar refractivity (Wildman–Crippen MR) is 117 cm³/mol. The van der Waals surface area contributed by atoms with E-state index in [0.29, 0.717) is 17.9 Å². The van der Waals surface area contributed by atoms with Crippen molar-refractivity contribution in [3.63, 3.8) is 0 Å². The van der Waals surface area contributed by atoms with Crippen molar-refractivity contribution < 1.29 is 19.4 Å². The third-order valence-electron chi connectivity index (χ3n) is 5.15. The fourth-order valence-electron chi connectivity index (χ4n) is 3.72. The second-order valence-electron chi connectivity index (χ2n) is 6.94. The minimum atomic E-state index is -0.683. The first-order chi connectivity index (χ1) is 14.6. The molecule has 1 aromatic heterocycles. The van der Waals surface area contributed by atoms with Crippen LogP contribution in [0.4, 0.5) is 5.69 Å². The number of hydrogen-bond acceptors (Lipinski definition) is 5. The number of thiophene rings is 1. The van der Waals surface area contributed by atoms with Crippen LogP contribution in [0, 0.1) is 0 Å². The summed E-state index contributed by atoms with van der Waals surface area (Å²) in [4.78, 5) is 28.5. The van der Waals surface area contributed by atoms with Crippen LogP contribution in [0.5, 0.6) is 5.75 Å². The molecule has 0 bridgehead atoms. The van der Waals surface area contributed by atoms with E-state index < -0.39 is 17.7 Å². The zero-order valence-corrected chi connectivity index (χ0v) is 17.3. The smallest absolute Gasteiger partial charge is 0.294 e. The molecule has 0 radical (unpaired) electrons. The van der Waals surface area contributed by atoms with Crippen LogP contribution in [0.3, 0.4) is 0 Å². The average molecular weight is 420 g/mol. The maximum atomic E-state index is 13.2. The molecule has 0 saturated carbocycles. The maximum absolute atomic E-state index is 13.2. The molecule has 2 heterocycles. The lowest BCUT2D eigenvalue weighted by Crippen LogP contribution is -2.31. The lowest BCUT2D eigenvalue weighted by Gasteiger charge is -2.27. The minimum absolute atomic E-state index is 0.143. The quantitative estimate of drug-likeness (QED) is 0.594. The first-order valence-corrected chi connectivity index (χ1v) is 10.5. The van der Waals surface area contributed by atoms with Crippen LogP contribution in [0.1, 0.15) is 22.9 Å². The highest BCUT2D eigenvalue weighted by Crippen LogP contribution is 2.45. The first-order valence-electron chi connectivity index (χ1n) is 9.62. The number of aryl methyl sites for hydroxylation is 1. The van der Waals surface area contributed by atoms with Crippen LogP contribution in [-0.4, -0.2) is 23.9 Å². The van der Waals surface area contributed by atoms with Crippen molar-refractivity contribution in [2.45, 2.75) is 18.9 Å². The SMILES string of the molecule is COc1ccccc1N1C(=O)C(O)=C(C(=O)CCc2ccccc2)C1c1cccs1. The Labute approximate surface area is 178 Å². The van der Waals surface area contributed by atoms with Gasteiger partial charge in [-0.2, -0.15) is 0 Å². The lowest BCUT2D eigenvalue weighted by atomic mass is 9.97. The highest BCUT2D eigenvalue weighted by molar-refractivity contribution is 7.10. The summed E-state index contributed by atoms with van der Waals surface area (Å²) >= 11 is 1.44.